The van der Waals surface area contributed by atoms with Crippen molar-refractivity contribution in [1.82, 2.24) is 15.5 Å². The Hall–Kier alpha value is -2.28. The van der Waals surface area contributed by atoms with E-state index in [0.29, 0.717) is 6.42 Å². The van der Waals surface area contributed by atoms with Crippen molar-refractivity contribution in [2.75, 3.05) is 26.4 Å². The number of carbonyl (C=O) groups excluding carboxylic acids is 3. The van der Waals surface area contributed by atoms with E-state index in [1.54, 1.807) is 0 Å². The van der Waals surface area contributed by atoms with Crippen LogP contribution < -0.4 is 16.4 Å². The fourth-order valence-electron chi connectivity index (χ4n) is 2.50. The highest BCUT2D eigenvalue weighted by atomic mass is 16.4. The molecule has 0 radical (unpaired) electrons. The lowest BCUT2D eigenvalue weighted by molar-refractivity contribution is -0.146. The van der Waals surface area contributed by atoms with E-state index in [1.807, 2.05) is 0 Å². The van der Waals surface area contributed by atoms with Crippen molar-refractivity contribution in [1.29, 1.82) is 0 Å². The molecule has 1 rings (SSSR count). The van der Waals surface area contributed by atoms with Gasteiger partial charge in [0.15, 0.2) is 0 Å². The van der Waals surface area contributed by atoms with Gasteiger partial charge in [-0.25, -0.2) is 4.79 Å². The van der Waals surface area contributed by atoms with E-state index in [1.165, 1.54) is 0 Å². The van der Waals surface area contributed by atoms with E-state index in [2.05, 4.69) is 10.6 Å². The molecule has 1 heterocycles. The number of hydrogen-bond donors (Lipinski definition) is 7. The molecular formula is C14H24N4O8. The molecule has 4 unspecified atom stereocenters. The molecule has 26 heavy (non-hydrogen) atoms. The summed E-state index contributed by atoms with van der Waals surface area (Å²) in [6.07, 6.45) is 0.723. The predicted octanol–water partition coefficient (Wildman–Crippen LogP) is -4.66. The minimum atomic E-state index is -1.50. The Morgan fingerprint density at radius 2 is 1.65 bits per heavy atom. The Bertz CT molecular complexity index is 543. The lowest BCUT2D eigenvalue weighted by Crippen LogP contribution is -2.58. The van der Waals surface area contributed by atoms with E-state index >= 15 is 0 Å². The molecule has 0 aromatic heterocycles. The van der Waals surface area contributed by atoms with Crippen LogP contribution in [0.1, 0.15) is 12.8 Å². The average molecular weight is 376 g/mol. The van der Waals surface area contributed by atoms with Crippen molar-refractivity contribution < 1.29 is 39.6 Å². The number of nitrogens with zero attached hydrogens (tertiary/aromatic N) is 1. The number of nitrogens with one attached hydrogen (secondary N) is 2. The highest BCUT2D eigenvalue weighted by Gasteiger charge is 2.38. The molecule has 8 N–H and O–H groups in total. The smallest absolute Gasteiger partial charge is 0.328 e. The first-order valence-corrected chi connectivity index (χ1v) is 7.99. The van der Waals surface area contributed by atoms with Crippen molar-refractivity contribution in [2.24, 2.45) is 5.73 Å². The van der Waals surface area contributed by atoms with E-state index in [4.69, 9.17) is 21.1 Å². The molecule has 12 heteroatoms. The van der Waals surface area contributed by atoms with Crippen LogP contribution in [-0.4, -0.2) is 99.5 Å². The fraction of sp³-hybridized carbons (Fsp3) is 0.714. The zero-order valence-electron chi connectivity index (χ0n) is 14.0. The first-order valence-electron chi connectivity index (χ1n) is 7.99. The Labute approximate surface area is 149 Å². The molecule has 12 nitrogen and oxygen atoms in total. The molecule has 4 atom stereocenters. The molecule has 1 fully saturated rings. The SMILES string of the molecule is NC(CO)C(=O)NC(CO)C(=O)N1CCCC1C(=O)NC(CO)C(=O)O. The zero-order valence-corrected chi connectivity index (χ0v) is 14.0. The van der Waals surface area contributed by atoms with E-state index < -0.39 is 67.7 Å². The maximum Gasteiger partial charge on any atom is 0.328 e. The summed E-state index contributed by atoms with van der Waals surface area (Å²) in [4.78, 5) is 48.5. The molecule has 0 bridgehead atoms. The zero-order chi connectivity index (χ0) is 19.9. The second-order valence-corrected chi connectivity index (χ2v) is 5.80. The number of carboxylic acid groups (broad SMARTS) is 1. The van der Waals surface area contributed by atoms with Crippen LogP contribution in [0.3, 0.4) is 0 Å². The Morgan fingerprint density at radius 1 is 1.04 bits per heavy atom. The molecule has 0 aliphatic carbocycles. The van der Waals surface area contributed by atoms with Gasteiger partial charge in [-0.2, -0.15) is 0 Å². The van der Waals surface area contributed by atoms with Crippen molar-refractivity contribution >= 4 is 23.7 Å². The number of nitrogens with two attached hydrogens (primary N) is 1. The molecule has 0 spiro atoms. The van der Waals surface area contributed by atoms with Crippen molar-refractivity contribution in [3.8, 4) is 0 Å². The van der Waals surface area contributed by atoms with Crippen LogP contribution in [0.5, 0.6) is 0 Å². The number of hydrogen-bond acceptors (Lipinski definition) is 8. The van der Waals surface area contributed by atoms with Crippen LogP contribution in [0.2, 0.25) is 0 Å². The number of amides is 3. The van der Waals surface area contributed by atoms with E-state index in [0.717, 1.165) is 4.90 Å². The third-order valence-corrected chi connectivity index (χ3v) is 3.97. The van der Waals surface area contributed by atoms with Crippen molar-refractivity contribution in [3.05, 3.63) is 0 Å². The summed E-state index contributed by atoms with van der Waals surface area (Å²) in [6, 6.07) is -5.12. The first kappa shape index (κ1) is 21.8. The van der Waals surface area contributed by atoms with Gasteiger partial charge in [0.1, 0.15) is 24.2 Å². The van der Waals surface area contributed by atoms with Crippen LogP contribution in [0.15, 0.2) is 0 Å². The number of carbonyl (C=O) groups is 4. The highest BCUT2D eigenvalue weighted by molar-refractivity contribution is 5.94. The minimum absolute atomic E-state index is 0.173. The van der Waals surface area contributed by atoms with Gasteiger partial charge < -0.3 is 41.7 Å². The maximum absolute atomic E-state index is 12.5. The lowest BCUT2D eigenvalue weighted by atomic mass is 10.1. The Morgan fingerprint density at radius 3 is 2.15 bits per heavy atom. The maximum atomic E-state index is 12.5. The molecular weight excluding hydrogens is 352 g/mol. The van der Waals surface area contributed by atoms with Crippen LogP contribution in [0.4, 0.5) is 0 Å². The van der Waals surface area contributed by atoms with Gasteiger partial charge in [-0.1, -0.05) is 0 Å². The van der Waals surface area contributed by atoms with E-state index in [9.17, 15) is 24.3 Å². The molecule has 1 aliphatic heterocycles. The third-order valence-electron chi connectivity index (χ3n) is 3.97. The van der Waals surface area contributed by atoms with Gasteiger partial charge in [-0.3, -0.25) is 14.4 Å². The van der Waals surface area contributed by atoms with Gasteiger partial charge in [0, 0.05) is 6.54 Å². The number of aliphatic carboxylic acids is 1. The second-order valence-electron chi connectivity index (χ2n) is 5.80. The Kier molecular flexibility index (Phi) is 8.38. The van der Waals surface area contributed by atoms with Crippen LogP contribution in [0.25, 0.3) is 0 Å². The van der Waals surface area contributed by atoms with Crippen LogP contribution in [-0.2, 0) is 19.2 Å². The third kappa shape index (κ3) is 5.36. The predicted molar refractivity (Wildman–Crippen MR) is 85.5 cm³/mol. The molecule has 0 aromatic rings. The monoisotopic (exact) mass is 376 g/mol. The molecule has 0 saturated carbocycles. The summed E-state index contributed by atoms with van der Waals surface area (Å²) in [5, 5.41) is 40.4. The normalized spacial score (nSPS) is 20.2. The lowest BCUT2D eigenvalue weighted by Gasteiger charge is -2.28. The summed E-state index contributed by atoms with van der Waals surface area (Å²) in [6.45, 7) is -2.03. The Balaban J connectivity index is 2.80. The highest BCUT2D eigenvalue weighted by Crippen LogP contribution is 2.19. The number of carboxylic acids is 1. The van der Waals surface area contributed by atoms with Gasteiger partial charge in [0.2, 0.25) is 17.7 Å². The number of aliphatic hydroxyl groups is 3. The van der Waals surface area contributed by atoms with Gasteiger partial charge in [-0.05, 0) is 12.8 Å². The van der Waals surface area contributed by atoms with Gasteiger partial charge in [-0.15, -0.1) is 0 Å². The van der Waals surface area contributed by atoms with Crippen molar-refractivity contribution in [2.45, 2.75) is 37.0 Å². The summed E-state index contributed by atoms with van der Waals surface area (Å²) in [7, 11) is 0. The van der Waals surface area contributed by atoms with Crippen molar-refractivity contribution in [3.63, 3.8) is 0 Å². The molecule has 148 valence electrons. The number of aliphatic hydroxyl groups excluding tert-OH is 3. The molecule has 1 aliphatic rings. The summed E-state index contributed by atoms with van der Waals surface area (Å²) >= 11 is 0. The molecule has 1 saturated heterocycles. The van der Waals surface area contributed by atoms with Crippen LogP contribution in [0, 0.1) is 0 Å². The first-order chi connectivity index (χ1) is 12.3. The van der Waals surface area contributed by atoms with Crippen LogP contribution >= 0.6 is 0 Å². The summed E-state index contributed by atoms with van der Waals surface area (Å²) < 4.78 is 0. The van der Waals surface area contributed by atoms with Gasteiger partial charge >= 0.3 is 5.97 Å². The standard InChI is InChI=1S/C14H24N4O8/c15-7(4-19)11(22)16-8(5-20)13(24)18-3-1-2-10(18)12(23)17-9(6-21)14(25)26/h7-10,19-21H,1-6,15H2,(H,16,22)(H,17,23)(H,25,26). The largest absolute Gasteiger partial charge is 0.480 e. The topological polar surface area (TPSA) is 203 Å². The summed E-state index contributed by atoms with van der Waals surface area (Å²) in [5.41, 5.74) is 5.34. The molecule has 0 aromatic carbocycles. The van der Waals surface area contributed by atoms with Gasteiger partial charge in [0.25, 0.3) is 0 Å². The average Bonchev–Trinajstić information content (AvgIpc) is 3.11. The van der Waals surface area contributed by atoms with Gasteiger partial charge in [0.05, 0.1) is 19.8 Å². The van der Waals surface area contributed by atoms with E-state index in [-0.39, 0.29) is 13.0 Å². The second kappa shape index (κ2) is 10.0. The number of likely N-dealkylation sites (tertiary alicyclic amines) is 1. The molecule has 3 amide bonds. The fourth-order valence-corrected chi connectivity index (χ4v) is 2.50. The number of rotatable bonds is 9. The quantitative estimate of drug-likeness (QED) is 0.206. The summed E-state index contributed by atoms with van der Waals surface area (Å²) in [5.74, 6) is -3.76. The minimum Gasteiger partial charge on any atom is -0.480 e.